The molecule has 42 heavy (non-hydrogen) atoms. The Kier molecular flexibility index (Phi) is 9.96. The summed E-state index contributed by atoms with van der Waals surface area (Å²) in [5.74, 6) is -2.77. The number of anilines is 1. The predicted molar refractivity (Wildman–Crippen MR) is 156 cm³/mol. The van der Waals surface area contributed by atoms with Crippen LogP contribution in [0.5, 0.6) is 0 Å². The van der Waals surface area contributed by atoms with E-state index >= 15 is 0 Å². The minimum atomic E-state index is -1.20. The van der Waals surface area contributed by atoms with Crippen LogP contribution in [0.3, 0.4) is 0 Å². The molecule has 2 aliphatic rings. The number of rotatable bonds is 11. The highest BCUT2D eigenvalue weighted by Gasteiger charge is 2.54. The SMILES string of the molecule is CCC(CC)C(=O)O[C@@H](C)OC(=O)C1=C(/C=C\c2cccnc2)CS[C@@H]2[C@H](NC(=O)C(=NO)c3csc(N)n3)C(=O)N12. The summed E-state index contributed by atoms with van der Waals surface area (Å²) in [5.41, 5.74) is 6.52. The second kappa shape index (κ2) is 13.6. The lowest BCUT2D eigenvalue weighted by Crippen LogP contribution is -2.71. The molecule has 2 aliphatic heterocycles. The third kappa shape index (κ3) is 6.62. The Bertz CT molecular complexity index is 1440. The standard InChI is InChI=1S/C27H30N6O7S2/c1-4-16(5-2)25(36)39-14(3)40-26(37)21-17(9-8-15-7-6-10-29-11-15)12-41-24-20(23(35)33(21)24)31-22(34)19(32-38)18-13-42-27(28)30-18/h6-11,13-14,16,20,24,38H,4-5,12H2,1-3H3,(H2,28,30)(H,31,34)/b9-8-,32-19?/t14-,20-,24-/m1/s1. The third-order valence-electron chi connectivity index (χ3n) is 6.59. The van der Waals surface area contributed by atoms with Gasteiger partial charge in [0.2, 0.25) is 6.29 Å². The number of oxime groups is 1. The van der Waals surface area contributed by atoms with Gasteiger partial charge in [0.1, 0.15) is 22.8 Å². The van der Waals surface area contributed by atoms with E-state index in [4.69, 9.17) is 15.2 Å². The lowest BCUT2D eigenvalue weighted by molar-refractivity contribution is -0.187. The smallest absolute Gasteiger partial charge is 0.358 e. The zero-order valence-electron chi connectivity index (χ0n) is 23.1. The van der Waals surface area contributed by atoms with Crippen molar-refractivity contribution in [2.75, 3.05) is 11.5 Å². The van der Waals surface area contributed by atoms with Gasteiger partial charge >= 0.3 is 11.9 Å². The van der Waals surface area contributed by atoms with Gasteiger partial charge in [0, 0.05) is 30.5 Å². The second-order valence-corrected chi connectivity index (χ2v) is 11.3. The van der Waals surface area contributed by atoms with Crippen molar-refractivity contribution in [2.24, 2.45) is 11.1 Å². The van der Waals surface area contributed by atoms with Gasteiger partial charge < -0.3 is 25.7 Å². The minimum absolute atomic E-state index is 0.0249. The molecule has 4 rings (SSSR count). The molecule has 1 saturated heterocycles. The largest absolute Gasteiger partial charge is 0.425 e. The lowest BCUT2D eigenvalue weighted by atomic mass is 10.0. The van der Waals surface area contributed by atoms with E-state index in [1.54, 1.807) is 30.6 Å². The minimum Gasteiger partial charge on any atom is -0.425 e. The van der Waals surface area contributed by atoms with Crippen molar-refractivity contribution in [3.63, 3.8) is 0 Å². The number of nitrogens with zero attached hydrogens (tertiary/aromatic N) is 4. The Morgan fingerprint density at radius 2 is 2.05 bits per heavy atom. The topological polar surface area (TPSA) is 186 Å². The van der Waals surface area contributed by atoms with Crippen molar-refractivity contribution in [2.45, 2.75) is 51.3 Å². The van der Waals surface area contributed by atoms with Crippen molar-refractivity contribution in [1.82, 2.24) is 20.2 Å². The molecule has 0 bridgehead atoms. The van der Waals surface area contributed by atoms with E-state index in [0.29, 0.717) is 24.2 Å². The van der Waals surface area contributed by atoms with Crippen molar-refractivity contribution in [3.05, 3.63) is 58.5 Å². The van der Waals surface area contributed by atoms with Crippen LogP contribution < -0.4 is 11.1 Å². The highest BCUT2D eigenvalue weighted by atomic mass is 32.2. The van der Waals surface area contributed by atoms with Crippen molar-refractivity contribution in [1.29, 1.82) is 0 Å². The zero-order valence-corrected chi connectivity index (χ0v) is 24.7. The lowest BCUT2D eigenvalue weighted by Gasteiger charge is -2.49. The van der Waals surface area contributed by atoms with Crippen LogP contribution in [0.15, 0.2) is 52.4 Å². The van der Waals surface area contributed by atoms with Crippen molar-refractivity contribution in [3.8, 4) is 0 Å². The number of carbonyl (C=O) groups is 4. The molecule has 0 spiro atoms. The van der Waals surface area contributed by atoms with Gasteiger partial charge in [-0.3, -0.25) is 24.3 Å². The molecule has 0 saturated carbocycles. The molecule has 0 unspecified atom stereocenters. The summed E-state index contributed by atoms with van der Waals surface area (Å²) in [6.45, 7) is 5.16. The molecule has 4 heterocycles. The molecule has 0 aromatic carbocycles. The number of pyridine rings is 1. The van der Waals surface area contributed by atoms with Gasteiger partial charge in [-0.15, -0.1) is 23.1 Å². The third-order valence-corrected chi connectivity index (χ3v) is 8.57. The number of β-lactam (4-membered cyclic amide) rings is 1. The number of hydrogen-bond acceptors (Lipinski definition) is 13. The Labute approximate surface area is 249 Å². The van der Waals surface area contributed by atoms with Crippen LogP contribution in [0.4, 0.5) is 5.13 Å². The molecule has 0 radical (unpaired) electrons. The van der Waals surface area contributed by atoms with E-state index in [-0.39, 0.29) is 22.4 Å². The number of fused-ring (bicyclic) bond motifs is 1. The number of nitrogens with two attached hydrogens (primary N) is 1. The molecule has 2 aromatic rings. The number of hydrogen-bond donors (Lipinski definition) is 3. The number of carbonyl (C=O) groups excluding carboxylic acids is 4. The number of aromatic nitrogens is 2. The molecular weight excluding hydrogens is 584 g/mol. The van der Waals surface area contributed by atoms with Gasteiger partial charge in [-0.05, 0) is 30.0 Å². The van der Waals surface area contributed by atoms with Crippen molar-refractivity contribution < 1.29 is 33.9 Å². The van der Waals surface area contributed by atoms with E-state index in [1.165, 1.54) is 29.0 Å². The van der Waals surface area contributed by atoms with E-state index in [2.05, 4.69) is 20.4 Å². The average molecular weight is 615 g/mol. The number of amides is 2. The fourth-order valence-corrected chi connectivity index (χ4v) is 6.23. The average Bonchev–Trinajstić information content (AvgIpc) is 3.41. The number of ether oxygens (including phenoxy) is 2. The molecule has 1 fully saturated rings. The maximum atomic E-state index is 13.4. The van der Waals surface area contributed by atoms with Crippen LogP contribution in [-0.4, -0.2) is 73.0 Å². The summed E-state index contributed by atoms with van der Waals surface area (Å²) in [6.07, 6.45) is 6.68. The molecule has 3 atom stereocenters. The zero-order chi connectivity index (χ0) is 30.4. The van der Waals surface area contributed by atoms with Crippen LogP contribution in [0, 0.1) is 5.92 Å². The number of thioether (sulfide) groups is 1. The first kappa shape index (κ1) is 30.7. The summed E-state index contributed by atoms with van der Waals surface area (Å²) in [7, 11) is 0. The number of nitrogens with one attached hydrogen (secondary N) is 1. The molecule has 13 nitrogen and oxygen atoms in total. The van der Waals surface area contributed by atoms with Gasteiger partial charge in [-0.1, -0.05) is 37.2 Å². The molecule has 222 valence electrons. The van der Waals surface area contributed by atoms with E-state index in [0.717, 1.165) is 16.9 Å². The quantitative estimate of drug-likeness (QED) is 0.0843. The summed E-state index contributed by atoms with van der Waals surface area (Å²) >= 11 is 2.38. The predicted octanol–water partition coefficient (Wildman–Crippen LogP) is 2.53. The van der Waals surface area contributed by atoms with Gasteiger partial charge in [0.05, 0.1) is 5.92 Å². The number of allylic oxidation sites excluding steroid dienone is 1. The first-order chi connectivity index (χ1) is 20.2. The molecule has 0 aliphatic carbocycles. The van der Waals surface area contributed by atoms with Gasteiger partial charge in [0.15, 0.2) is 10.8 Å². The first-order valence-electron chi connectivity index (χ1n) is 13.1. The van der Waals surface area contributed by atoms with Crippen molar-refractivity contribution >= 4 is 63.8 Å². The Morgan fingerprint density at radius 3 is 2.67 bits per heavy atom. The molecule has 2 aromatic heterocycles. The first-order valence-corrected chi connectivity index (χ1v) is 15.0. The van der Waals surface area contributed by atoms with Gasteiger partial charge in [0.25, 0.3) is 11.8 Å². The summed E-state index contributed by atoms with van der Waals surface area (Å²) in [4.78, 5) is 61.3. The highest BCUT2D eigenvalue weighted by molar-refractivity contribution is 8.00. The van der Waals surface area contributed by atoms with E-state index in [1.807, 2.05) is 19.9 Å². The molecule has 4 N–H and O–H groups in total. The summed E-state index contributed by atoms with van der Waals surface area (Å²) < 4.78 is 10.8. The van der Waals surface area contributed by atoms with Crippen LogP contribution in [0.25, 0.3) is 6.08 Å². The van der Waals surface area contributed by atoms with Crippen LogP contribution in [0.2, 0.25) is 0 Å². The monoisotopic (exact) mass is 614 g/mol. The molecule has 15 heteroatoms. The molecular formula is C27H30N6O7S2. The molecule has 2 amide bonds. The van der Waals surface area contributed by atoms with Crippen LogP contribution in [-0.2, 0) is 28.7 Å². The number of esters is 2. The number of nitrogen functional groups attached to an aromatic ring is 1. The highest BCUT2D eigenvalue weighted by Crippen LogP contribution is 2.41. The van der Waals surface area contributed by atoms with Gasteiger partial charge in [-0.25, -0.2) is 9.78 Å². The van der Waals surface area contributed by atoms with Crippen LogP contribution in [0.1, 0.15) is 44.9 Å². The second-order valence-electron chi connectivity index (χ2n) is 9.30. The normalized spacial score (nSPS) is 19.4. The van der Waals surface area contributed by atoms with E-state index < -0.39 is 47.2 Å². The van der Waals surface area contributed by atoms with E-state index in [9.17, 15) is 24.4 Å². The fourth-order valence-electron chi connectivity index (χ4n) is 4.36. The Hall–Kier alpha value is -4.24. The summed E-state index contributed by atoms with van der Waals surface area (Å²) in [6, 6.07) is 2.57. The maximum Gasteiger partial charge on any atom is 0.358 e. The number of thiazole rings is 1. The fraction of sp³-hybridized carbons (Fsp3) is 0.370. The Morgan fingerprint density at radius 1 is 1.29 bits per heavy atom. The Balaban J connectivity index is 1.55. The van der Waals surface area contributed by atoms with Gasteiger partial charge in [-0.2, -0.15) is 0 Å². The summed E-state index contributed by atoms with van der Waals surface area (Å²) in [5, 5.41) is 16.0. The van der Waals surface area contributed by atoms with Crippen LogP contribution >= 0.6 is 23.1 Å². The maximum absolute atomic E-state index is 13.4.